The Morgan fingerprint density at radius 3 is 2.66 bits per heavy atom. The van der Waals surface area contributed by atoms with Gasteiger partial charge in [-0.3, -0.25) is 9.69 Å². The quantitative estimate of drug-likeness (QED) is 0.665. The van der Waals surface area contributed by atoms with Gasteiger partial charge in [0.25, 0.3) is 5.56 Å². The highest BCUT2D eigenvalue weighted by Gasteiger charge is 2.21. The maximum Gasteiger partial charge on any atom is 0.269 e. The van der Waals surface area contributed by atoms with Crippen LogP contribution in [-0.2, 0) is 6.54 Å². The molecule has 1 N–H and O–H groups in total. The highest BCUT2D eigenvalue weighted by Crippen LogP contribution is 2.26. The first-order valence-electron chi connectivity index (χ1n) is 9.18. The topological polar surface area (TPSA) is 88.9 Å². The molecule has 2 aromatic heterocycles. The van der Waals surface area contributed by atoms with Gasteiger partial charge in [-0.15, -0.1) is 0 Å². The molecule has 1 fully saturated rings. The largest absolute Gasteiger partial charge is 0.366 e. The first-order valence-corrected chi connectivity index (χ1v) is 9.56. The lowest BCUT2D eigenvalue weighted by Crippen LogP contribution is -2.46. The maximum absolute atomic E-state index is 14.9. The second kappa shape index (κ2) is 7.78. The Hall–Kier alpha value is -3.02. The second-order valence-electron chi connectivity index (χ2n) is 6.97. The van der Waals surface area contributed by atoms with Gasteiger partial charge in [0.05, 0.1) is 11.2 Å². The molecule has 0 unspecified atom stereocenters. The van der Waals surface area contributed by atoms with Crippen molar-refractivity contribution in [3.05, 3.63) is 62.5 Å². The number of fused-ring (bicyclic) bond motifs is 1. The van der Waals surface area contributed by atoms with Crippen LogP contribution in [-0.4, -0.2) is 46.0 Å². The van der Waals surface area contributed by atoms with E-state index in [1.54, 1.807) is 31.2 Å². The molecule has 9 heteroatoms. The van der Waals surface area contributed by atoms with Crippen molar-refractivity contribution < 1.29 is 4.39 Å². The zero-order valence-corrected chi connectivity index (χ0v) is 16.5. The minimum atomic E-state index is -0.436. The zero-order valence-electron chi connectivity index (χ0n) is 15.7. The predicted molar refractivity (Wildman–Crippen MR) is 109 cm³/mol. The molecule has 7 nitrogen and oxygen atoms in total. The van der Waals surface area contributed by atoms with Gasteiger partial charge in [-0.05, 0) is 25.1 Å². The van der Waals surface area contributed by atoms with Crippen molar-refractivity contribution in [3.63, 3.8) is 0 Å². The van der Waals surface area contributed by atoms with E-state index in [4.69, 9.17) is 16.9 Å². The molecule has 0 atom stereocenters. The van der Waals surface area contributed by atoms with E-state index in [9.17, 15) is 9.18 Å². The number of benzene rings is 1. The third kappa shape index (κ3) is 3.79. The molecule has 1 aromatic carbocycles. The fourth-order valence-electron chi connectivity index (χ4n) is 3.49. The van der Waals surface area contributed by atoms with E-state index in [1.807, 2.05) is 6.07 Å². The molecule has 29 heavy (non-hydrogen) atoms. The molecule has 1 aliphatic heterocycles. The van der Waals surface area contributed by atoms with Crippen molar-refractivity contribution in [2.75, 3.05) is 31.1 Å². The Labute approximate surface area is 171 Å². The summed E-state index contributed by atoms with van der Waals surface area (Å²) in [5, 5.41) is 9.22. The number of nitrogens with zero attached hydrogens (tertiary/aromatic N) is 5. The van der Waals surface area contributed by atoms with Crippen LogP contribution in [0.5, 0.6) is 0 Å². The minimum Gasteiger partial charge on any atom is -0.366 e. The van der Waals surface area contributed by atoms with Crippen molar-refractivity contribution >= 4 is 28.3 Å². The molecule has 0 radical (unpaired) electrons. The standard InChI is InChI=1S/C20H18ClFN6O/c1-12-20(29)26-18-15(24-12)4-2-13(17(18)22)11-27-6-8-28(9-7-27)16-5-3-14(10-23)25-19(16)21/h2-5H,6-9,11H2,1H3,(H,26,29). The summed E-state index contributed by atoms with van der Waals surface area (Å²) in [5.41, 5.74) is 2.12. The van der Waals surface area contributed by atoms with Crippen molar-refractivity contribution in [2.45, 2.75) is 13.5 Å². The molecule has 0 amide bonds. The summed E-state index contributed by atoms with van der Waals surface area (Å²) in [4.78, 5) is 26.8. The number of hydrogen-bond acceptors (Lipinski definition) is 6. The van der Waals surface area contributed by atoms with E-state index in [0.29, 0.717) is 41.6 Å². The lowest BCUT2D eigenvalue weighted by atomic mass is 10.1. The molecule has 0 spiro atoms. The van der Waals surface area contributed by atoms with Crippen LogP contribution < -0.4 is 10.5 Å². The Morgan fingerprint density at radius 1 is 1.21 bits per heavy atom. The number of hydrogen-bond donors (Lipinski definition) is 1. The number of nitrogens with one attached hydrogen (secondary N) is 1. The van der Waals surface area contributed by atoms with E-state index in [0.717, 1.165) is 18.8 Å². The Balaban J connectivity index is 1.47. The molecular formula is C20H18ClFN6O. The summed E-state index contributed by atoms with van der Waals surface area (Å²) in [6.07, 6.45) is 0. The molecule has 0 aliphatic carbocycles. The fraction of sp³-hybridized carbons (Fsp3) is 0.300. The minimum absolute atomic E-state index is 0.146. The van der Waals surface area contributed by atoms with Gasteiger partial charge in [0.2, 0.25) is 0 Å². The Kier molecular flexibility index (Phi) is 5.18. The maximum atomic E-state index is 14.9. The summed E-state index contributed by atoms with van der Waals surface area (Å²) in [6.45, 7) is 4.89. The number of piperazine rings is 1. The van der Waals surface area contributed by atoms with Crippen LogP contribution >= 0.6 is 11.6 Å². The number of halogens is 2. The number of anilines is 1. The molecule has 0 bridgehead atoms. The van der Waals surface area contributed by atoms with Gasteiger partial charge in [0, 0.05) is 38.3 Å². The van der Waals surface area contributed by atoms with Crippen LogP contribution in [0.1, 0.15) is 17.0 Å². The summed E-state index contributed by atoms with van der Waals surface area (Å²) >= 11 is 6.21. The smallest absolute Gasteiger partial charge is 0.269 e. The third-order valence-corrected chi connectivity index (χ3v) is 5.38. The number of rotatable bonds is 3. The van der Waals surface area contributed by atoms with E-state index in [1.165, 1.54) is 0 Å². The molecule has 148 valence electrons. The first kappa shape index (κ1) is 19.3. The van der Waals surface area contributed by atoms with Gasteiger partial charge in [0.1, 0.15) is 23.0 Å². The lowest BCUT2D eigenvalue weighted by molar-refractivity contribution is 0.247. The molecule has 1 saturated heterocycles. The molecule has 3 heterocycles. The van der Waals surface area contributed by atoms with Crippen LogP contribution in [0.3, 0.4) is 0 Å². The Morgan fingerprint density at radius 2 is 1.97 bits per heavy atom. The number of pyridine rings is 1. The van der Waals surface area contributed by atoms with Crippen LogP contribution in [0.15, 0.2) is 29.1 Å². The van der Waals surface area contributed by atoms with E-state index < -0.39 is 5.82 Å². The number of H-pyrrole nitrogens is 1. The van der Waals surface area contributed by atoms with Gasteiger partial charge in [-0.1, -0.05) is 17.7 Å². The lowest BCUT2D eigenvalue weighted by Gasteiger charge is -2.36. The van der Waals surface area contributed by atoms with Crippen molar-refractivity contribution in [2.24, 2.45) is 0 Å². The van der Waals surface area contributed by atoms with Crippen molar-refractivity contribution in [1.82, 2.24) is 19.9 Å². The van der Waals surface area contributed by atoms with Crippen molar-refractivity contribution in [1.29, 1.82) is 5.26 Å². The highest BCUT2D eigenvalue weighted by molar-refractivity contribution is 6.32. The summed E-state index contributed by atoms with van der Waals surface area (Å²) < 4.78 is 14.9. The SMILES string of the molecule is Cc1nc2ccc(CN3CCN(c4ccc(C#N)nc4Cl)CC3)c(F)c2[nH]c1=O. The second-order valence-corrected chi connectivity index (χ2v) is 7.32. The van der Waals surface area contributed by atoms with Crippen LogP contribution in [0.4, 0.5) is 10.1 Å². The average molecular weight is 413 g/mol. The van der Waals surface area contributed by atoms with Gasteiger partial charge >= 0.3 is 0 Å². The van der Waals surface area contributed by atoms with E-state index in [2.05, 4.69) is 24.8 Å². The van der Waals surface area contributed by atoms with Crippen LogP contribution in [0.2, 0.25) is 5.15 Å². The van der Waals surface area contributed by atoms with Crippen LogP contribution in [0, 0.1) is 24.1 Å². The number of nitriles is 1. The molecule has 4 rings (SSSR count). The van der Waals surface area contributed by atoms with Gasteiger partial charge in [-0.2, -0.15) is 5.26 Å². The molecule has 0 saturated carbocycles. The van der Waals surface area contributed by atoms with Gasteiger partial charge < -0.3 is 9.88 Å². The molecule has 3 aromatic rings. The summed E-state index contributed by atoms with van der Waals surface area (Å²) in [7, 11) is 0. The molecule has 1 aliphatic rings. The summed E-state index contributed by atoms with van der Waals surface area (Å²) in [6, 6.07) is 8.87. The van der Waals surface area contributed by atoms with Crippen molar-refractivity contribution in [3.8, 4) is 6.07 Å². The normalized spacial score (nSPS) is 14.9. The fourth-order valence-corrected chi connectivity index (χ4v) is 3.77. The zero-order chi connectivity index (χ0) is 20.5. The Bertz CT molecular complexity index is 1180. The number of aryl methyl sites for hydroxylation is 1. The van der Waals surface area contributed by atoms with E-state index in [-0.39, 0.29) is 16.8 Å². The van der Waals surface area contributed by atoms with Gasteiger partial charge in [-0.25, -0.2) is 14.4 Å². The monoisotopic (exact) mass is 412 g/mol. The summed E-state index contributed by atoms with van der Waals surface area (Å²) in [5.74, 6) is -0.436. The van der Waals surface area contributed by atoms with E-state index >= 15 is 0 Å². The number of aromatic nitrogens is 3. The molecular weight excluding hydrogens is 395 g/mol. The third-order valence-electron chi connectivity index (χ3n) is 5.11. The average Bonchev–Trinajstić information content (AvgIpc) is 2.72. The predicted octanol–water partition coefficient (Wildman–Crippen LogP) is 2.61. The number of aromatic amines is 1. The van der Waals surface area contributed by atoms with Gasteiger partial charge in [0.15, 0.2) is 11.0 Å². The van der Waals surface area contributed by atoms with Crippen LogP contribution in [0.25, 0.3) is 11.0 Å². The highest BCUT2D eigenvalue weighted by atomic mass is 35.5. The first-order chi connectivity index (χ1) is 14.0.